The van der Waals surface area contributed by atoms with Crippen molar-refractivity contribution in [3.63, 3.8) is 0 Å². The van der Waals surface area contributed by atoms with Gasteiger partial charge in [-0.05, 0) is 23.9 Å². The Hall–Kier alpha value is -1.11. The number of carbonyl (C=O) groups is 1. The minimum atomic E-state index is -0.0776. The molecule has 2 heterocycles. The van der Waals surface area contributed by atoms with Crippen LogP contribution in [-0.4, -0.2) is 40.7 Å². The zero-order chi connectivity index (χ0) is 16.7. The molecule has 7 heteroatoms. The van der Waals surface area contributed by atoms with Gasteiger partial charge in [-0.15, -0.1) is 23.7 Å². The van der Waals surface area contributed by atoms with Crippen LogP contribution in [0.4, 0.5) is 0 Å². The number of aryl methyl sites for hydroxylation is 1. The van der Waals surface area contributed by atoms with Crippen molar-refractivity contribution in [2.45, 2.75) is 33.6 Å². The van der Waals surface area contributed by atoms with Crippen molar-refractivity contribution in [1.29, 1.82) is 0 Å². The predicted molar refractivity (Wildman–Crippen MR) is 99.7 cm³/mol. The molecule has 0 radical (unpaired) electrons. The first-order chi connectivity index (χ1) is 10.2. The number of carbonyl (C=O) groups excluding carboxylic acids is 1. The maximum absolute atomic E-state index is 12.7. The van der Waals surface area contributed by atoms with Crippen LogP contribution in [0.15, 0.2) is 6.07 Å². The van der Waals surface area contributed by atoms with E-state index in [1.165, 1.54) is 11.3 Å². The number of hydrogen-bond donors (Lipinski definition) is 1. The maximum atomic E-state index is 12.7. The SMILES string of the molecule is CC(C)c1nn(C)c2sc(C(=O)N(C)CC(C)(C)CN)cc12.Cl. The fourth-order valence-electron chi connectivity index (χ4n) is 2.56. The lowest BCUT2D eigenvalue weighted by molar-refractivity contribution is 0.0745. The van der Waals surface area contributed by atoms with Gasteiger partial charge in [0.15, 0.2) is 0 Å². The standard InChI is InChI=1S/C16H26N4OS.ClH/c1-10(2)13-11-7-12(22-15(11)20(6)18-13)14(21)19(5)9-16(3,4)8-17;/h7,10H,8-9,17H2,1-6H3;1H. The van der Waals surface area contributed by atoms with E-state index >= 15 is 0 Å². The van der Waals surface area contributed by atoms with Crippen LogP contribution in [0.1, 0.15) is 49.0 Å². The molecule has 2 rings (SSSR count). The molecular weight excluding hydrogens is 332 g/mol. The predicted octanol–water partition coefficient (Wildman–Crippen LogP) is 3.24. The smallest absolute Gasteiger partial charge is 0.263 e. The van der Waals surface area contributed by atoms with E-state index in [0.717, 1.165) is 20.8 Å². The fraction of sp³-hybridized carbons (Fsp3) is 0.625. The molecule has 0 unspecified atom stereocenters. The van der Waals surface area contributed by atoms with Crippen molar-refractivity contribution in [3.05, 3.63) is 16.6 Å². The second kappa shape index (κ2) is 7.20. The third-order valence-electron chi connectivity index (χ3n) is 3.86. The highest BCUT2D eigenvalue weighted by Crippen LogP contribution is 2.32. The molecule has 0 saturated heterocycles. The van der Waals surface area contributed by atoms with Gasteiger partial charge in [-0.1, -0.05) is 27.7 Å². The van der Waals surface area contributed by atoms with E-state index in [0.29, 0.717) is 19.0 Å². The van der Waals surface area contributed by atoms with Gasteiger partial charge in [-0.2, -0.15) is 5.10 Å². The number of amides is 1. The highest BCUT2D eigenvalue weighted by Gasteiger charge is 2.24. The molecule has 0 fully saturated rings. The van der Waals surface area contributed by atoms with Gasteiger partial charge in [-0.25, -0.2) is 0 Å². The van der Waals surface area contributed by atoms with Gasteiger partial charge in [-0.3, -0.25) is 9.48 Å². The van der Waals surface area contributed by atoms with Crippen molar-refractivity contribution in [2.75, 3.05) is 20.1 Å². The number of thiophene rings is 1. The van der Waals surface area contributed by atoms with E-state index in [4.69, 9.17) is 5.73 Å². The summed E-state index contributed by atoms with van der Waals surface area (Å²) >= 11 is 1.51. The van der Waals surface area contributed by atoms with Crippen molar-refractivity contribution in [3.8, 4) is 0 Å². The Labute approximate surface area is 148 Å². The Morgan fingerprint density at radius 3 is 2.61 bits per heavy atom. The van der Waals surface area contributed by atoms with Gasteiger partial charge in [0, 0.05) is 26.0 Å². The van der Waals surface area contributed by atoms with Crippen molar-refractivity contribution >= 4 is 39.9 Å². The third kappa shape index (κ3) is 4.05. The molecule has 23 heavy (non-hydrogen) atoms. The van der Waals surface area contributed by atoms with Crippen molar-refractivity contribution in [2.24, 2.45) is 18.2 Å². The molecular formula is C16H27ClN4OS. The molecule has 0 aliphatic rings. The lowest BCUT2D eigenvalue weighted by Gasteiger charge is -2.28. The van der Waals surface area contributed by atoms with Crippen LogP contribution in [0.25, 0.3) is 10.2 Å². The number of nitrogens with zero attached hydrogens (tertiary/aromatic N) is 3. The first-order valence-electron chi connectivity index (χ1n) is 7.58. The summed E-state index contributed by atoms with van der Waals surface area (Å²) in [6, 6.07) is 1.98. The summed E-state index contributed by atoms with van der Waals surface area (Å²) in [5, 5.41) is 5.65. The highest BCUT2D eigenvalue weighted by atomic mass is 35.5. The summed E-state index contributed by atoms with van der Waals surface area (Å²) in [6.45, 7) is 9.59. The largest absolute Gasteiger partial charge is 0.340 e. The van der Waals surface area contributed by atoms with E-state index in [1.54, 1.807) is 4.90 Å². The van der Waals surface area contributed by atoms with E-state index in [2.05, 4.69) is 32.8 Å². The second-order valence-electron chi connectivity index (χ2n) is 7.02. The number of aromatic nitrogens is 2. The summed E-state index contributed by atoms with van der Waals surface area (Å²) in [7, 11) is 3.77. The Morgan fingerprint density at radius 1 is 1.48 bits per heavy atom. The zero-order valence-corrected chi connectivity index (χ0v) is 16.3. The van der Waals surface area contributed by atoms with Gasteiger partial charge >= 0.3 is 0 Å². The van der Waals surface area contributed by atoms with Gasteiger partial charge in [0.05, 0.1) is 10.6 Å². The summed E-state index contributed by atoms with van der Waals surface area (Å²) in [5.74, 6) is 0.396. The van der Waals surface area contributed by atoms with Crippen LogP contribution < -0.4 is 5.73 Å². The Morgan fingerprint density at radius 2 is 2.09 bits per heavy atom. The number of fused-ring (bicyclic) bond motifs is 1. The molecule has 130 valence electrons. The zero-order valence-electron chi connectivity index (χ0n) is 14.7. The molecule has 0 spiro atoms. The van der Waals surface area contributed by atoms with Crippen molar-refractivity contribution in [1.82, 2.24) is 14.7 Å². The van der Waals surface area contributed by atoms with Crippen LogP contribution in [0.2, 0.25) is 0 Å². The third-order valence-corrected chi connectivity index (χ3v) is 5.05. The summed E-state index contributed by atoms with van der Waals surface area (Å²) in [6.07, 6.45) is 0. The van der Waals surface area contributed by atoms with Crippen LogP contribution in [0, 0.1) is 5.41 Å². The average molecular weight is 359 g/mol. The van der Waals surface area contributed by atoms with Gasteiger partial charge in [0.1, 0.15) is 4.83 Å². The normalized spacial score (nSPS) is 11.8. The number of rotatable bonds is 5. The van der Waals surface area contributed by atoms with Gasteiger partial charge < -0.3 is 10.6 Å². The molecule has 0 aliphatic heterocycles. The lowest BCUT2D eigenvalue weighted by atomic mass is 9.93. The molecule has 0 aromatic carbocycles. The minimum absolute atomic E-state index is 0. The summed E-state index contributed by atoms with van der Waals surface area (Å²) in [4.78, 5) is 16.2. The van der Waals surface area contributed by atoms with Crippen LogP contribution >= 0.6 is 23.7 Å². The highest BCUT2D eigenvalue weighted by molar-refractivity contribution is 7.20. The molecule has 2 N–H and O–H groups in total. The van der Waals surface area contributed by atoms with E-state index < -0.39 is 0 Å². The molecule has 2 aromatic heterocycles. The number of nitrogens with two attached hydrogens (primary N) is 1. The van der Waals surface area contributed by atoms with E-state index in [-0.39, 0.29) is 23.7 Å². The topological polar surface area (TPSA) is 64.2 Å². The Balaban J connectivity index is 0.00000264. The summed E-state index contributed by atoms with van der Waals surface area (Å²) < 4.78 is 1.87. The number of hydrogen-bond acceptors (Lipinski definition) is 4. The number of halogens is 1. The van der Waals surface area contributed by atoms with Crippen LogP contribution in [0.3, 0.4) is 0 Å². The monoisotopic (exact) mass is 358 g/mol. The minimum Gasteiger partial charge on any atom is -0.340 e. The molecule has 5 nitrogen and oxygen atoms in total. The van der Waals surface area contributed by atoms with E-state index in [1.807, 2.05) is 24.8 Å². The van der Waals surface area contributed by atoms with Crippen LogP contribution in [-0.2, 0) is 7.05 Å². The quantitative estimate of drug-likeness (QED) is 0.892. The van der Waals surface area contributed by atoms with Gasteiger partial charge in [0.2, 0.25) is 0 Å². The lowest BCUT2D eigenvalue weighted by Crippen LogP contribution is -2.39. The molecule has 0 saturated carbocycles. The maximum Gasteiger partial charge on any atom is 0.263 e. The first kappa shape index (κ1) is 19.9. The molecule has 0 bridgehead atoms. The average Bonchev–Trinajstić information content (AvgIpc) is 2.98. The Bertz CT molecular complexity index is 690. The summed E-state index contributed by atoms with van der Waals surface area (Å²) in [5.41, 5.74) is 6.74. The Kier molecular flexibility index (Phi) is 6.24. The van der Waals surface area contributed by atoms with Crippen molar-refractivity contribution < 1.29 is 4.79 Å². The van der Waals surface area contributed by atoms with E-state index in [9.17, 15) is 4.79 Å². The molecule has 0 aliphatic carbocycles. The van der Waals surface area contributed by atoms with Crippen LogP contribution in [0.5, 0.6) is 0 Å². The molecule has 1 amide bonds. The molecule has 0 atom stereocenters. The first-order valence-corrected chi connectivity index (χ1v) is 8.40. The molecule has 2 aromatic rings. The second-order valence-corrected chi connectivity index (χ2v) is 8.05. The van der Waals surface area contributed by atoms with Gasteiger partial charge in [0.25, 0.3) is 5.91 Å². The fourth-order valence-corrected chi connectivity index (χ4v) is 3.64.